The smallest absolute Gasteiger partial charge is 0.228 e. The Bertz CT molecular complexity index is 924. The van der Waals surface area contributed by atoms with Crippen LogP contribution in [-0.4, -0.2) is 28.9 Å². The van der Waals surface area contributed by atoms with E-state index in [0.717, 1.165) is 15.7 Å². The van der Waals surface area contributed by atoms with E-state index in [4.69, 9.17) is 9.47 Å². The highest BCUT2D eigenvalue weighted by Crippen LogP contribution is 2.38. The van der Waals surface area contributed by atoms with Crippen molar-refractivity contribution in [3.8, 4) is 17.2 Å². The van der Waals surface area contributed by atoms with Gasteiger partial charge in [-0.15, -0.1) is 0 Å². The number of benzene rings is 2. The second kappa shape index (κ2) is 7.21. The van der Waals surface area contributed by atoms with Gasteiger partial charge in [0.25, 0.3) is 0 Å². The zero-order chi connectivity index (χ0) is 17.9. The molecule has 2 aromatic carbocycles. The number of hydrogen-bond acceptors (Lipinski definition) is 4. The first-order valence-electron chi connectivity index (χ1n) is 8.17. The lowest BCUT2D eigenvalue weighted by atomic mass is 10.1. The quantitative estimate of drug-likeness (QED) is 0.709. The van der Waals surface area contributed by atoms with Crippen LogP contribution in [0, 0.1) is 0 Å². The van der Waals surface area contributed by atoms with E-state index < -0.39 is 0 Å². The molecule has 0 unspecified atom stereocenters. The molecule has 1 aromatic heterocycles. The third-order valence-electron chi connectivity index (χ3n) is 3.98. The maximum atomic E-state index is 12.4. The second-order valence-corrected chi connectivity index (χ2v) is 6.67. The fraction of sp³-hybridized carbons (Fsp3) is 0.158. The molecule has 4 rings (SSSR count). The number of fused-ring (bicyclic) bond motifs is 1. The molecule has 26 heavy (non-hydrogen) atoms. The van der Waals surface area contributed by atoms with E-state index in [0.29, 0.717) is 30.4 Å². The first kappa shape index (κ1) is 16.7. The number of carbonyl (C=O) groups is 1. The van der Waals surface area contributed by atoms with Crippen LogP contribution in [0.25, 0.3) is 5.69 Å². The molecular formula is C19H16BrN3O3. The molecule has 3 aromatic rings. The molecule has 0 bridgehead atoms. The summed E-state index contributed by atoms with van der Waals surface area (Å²) in [6.45, 7) is 1.03. The number of hydrogen-bond donors (Lipinski definition) is 1. The van der Waals surface area contributed by atoms with Gasteiger partial charge in [0, 0.05) is 29.0 Å². The zero-order valence-electron chi connectivity index (χ0n) is 13.8. The van der Waals surface area contributed by atoms with Crippen LogP contribution in [0.5, 0.6) is 11.5 Å². The van der Waals surface area contributed by atoms with Crippen molar-refractivity contribution < 1.29 is 14.3 Å². The summed E-state index contributed by atoms with van der Waals surface area (Å²) in [5.74, 6) is 1.21. The average Bonchev–Trinajstić information content (AvgIpc) is 3.17. The Hall–Kier alpha value is -2.80. The lowest BCUT2D eigenvalue weighted by molar-refractivity contribution is -0.115. The molecular weight excluding hydrogens is 398 g/mol. The van der Waals surface area contributed by atoms with Gasteiger partial charge in [0.2, 0.25) is 5.91 Å². The molecule has 0 fully saturated rings. The highest BCUT2D eigenvalue weighted by molar-refractivity contribution is 9.10. The highest BCUT2D eigenvalue weighted by Gasteiger charge is 2.16. The Labute approximate surface area is 158 Å². The van der Waals surface area contributed by atoms with Crippen molar-refractivity contribution in [1.82, 2.24) is 9.78 Å². The predicted molar refractivity (Wildman–Crippen MR) is 101 cm³/mol. The predicted octanol–water partition coefficient (Wildman–Crippen LogP) is 3.59. The van der Waals surface area contributed by atoms with Crippen LogP contribution in [0.1, 0.15) is 5.56 Å². The van der Waals surface area contributed by atoms with Crippen LogP contribution >= 0.6 is 15.9 Å². The third-order valence-corrected chi connectivity index (χ3v) is 4.63. The Balaban J connectivity index is 1.44. The number of carbonyl (C=O) groups excluding carboxylic acids is 1. The monoisotopic (exact) mass is 413 g/mol. The van der Waals surface area contributed by atoms with Gasteiger partial charge >= 0.3 is 0 Å². The molecule has 6 nitrogen and oxygen atoms in total. The minimum atomic E-state index is -0.103. The minimum Gasteiger partial charge on any atom is -0.486 e. The number of rotatable bonds is 4. The minimum absolute atomic E-state index is 0.103. The van der Waals surface area contributed by atoms with E-state index in [-0.39, 0.29) is 12.3 Å². The van der Waals surface area contributed by atoms with Gasteiger partial charge in [-0.25, -0.2) is 4.68 Å². The van der Waals surface area contributed by atoms with Crippen LogP contribution in [-0.2, 0) is 11.2 Å². The fourth-order valence-electron chi connectivity index (χ4n) is 2.73. The molecule has 2 heterocycles. The van der Waals surface area contributed by atoms with Gasteiger partial charge < -0.3 is 14.8 Å². The number of aromatic nitrogens is 2. The summed E-state index contributed by atoms with van der Waals surface area (Å²) in [7, 11) is 0. The van der Waals surface area contributed by atoms with Gasteiger partial charge in [-0.3, -0.25) is 4.79 Å². The molecule has 1 aliphatic heterocycles. The molecule has 1 amide bonds. The Morgan fingerprint density at radius 3 is 2.58 bits per heavy atom. The van der Waals surface area contributed by atoms with Crippen molar-refractivity contribution in [2.24, 2.45) is 0 Å². The molecule has 0 radical (unpaired) electrons. The zero-order valence-corrected chi connectivity index (χ0v) is 15.4. The molecule has 132 valence electrons. The van der Waals surface area contributed by atoms with Crippen molar-refractivity contribution in [2.75, 3.05) is 18.5 Å². The van der Waals surface area contributed by atoms with Crippen LogP contribution in [0.4, 0.5) is 5.69 Å². The maximum absolute atomic E-state index is 12.4. The molecule has 0 spiro atoms. The first-order chi connectivity index (χ1) is 12.7. The standard InChI is InChI=1S/C19H16BrN3O3/c20-15-11-17-18(26-9-8-25-17)12-16(15)22-19(24)10-13-2-4-14(5-3-13)23-7-1-6-21-23/h1-7,11-12H,8-10H2,(H,22,24). The number of anilines is 1. The summed E-state index contributed by atoms with van der Waals surface area (Å²) in [6, 6.07) is 13.2. The van der Waals surface area contributed by atoms with Crippen molar-refractivity contribution in [3.05, 3.63) is 64.9 Å². The summed E-state index contributed by atoms with van der Waals surface area (Å²) >= 11 is 3.46. The number of ether oxygens (including phenoxy) is 2. The molecule has 0 atom stereocenters. The van der Waals surface area contributed by atoms with E-state index in [2.05, 4.69) is 26.3 Å². The largest absolute Gasteiger partial charge is 0.486 e. The van der Waals surface area contributed by atoms with Gasteiger partial charge in [-0.2, -0.15) is 5.10 Å². The summed E-state index contributed by atoms with van der Waals surface area (Å²) < 4.78 is 13.6. The van der Waals surface area contributed by atoms with Crippen LogP contribution < -0.4 is 14.8 Å². The lowest BCUT2D eigenvalue weighted by Crippen LogP contribution is -2.17. The molecule has 1 aliphatic rings. The highest BCUT2D eigenvalue weighted by atomic mass is 79.9. The average molecular weight is 414 g/mol. The Kier molecular flexibility index (Phi) is 4.62. The normalized spacial score (nSPS) is 12.7. The lowest BCUT2D eigenvalue weighted by Gasteiger charge is -2.20. The fourth-order valence-corrected chi connectivity index (χ4v) is 3.15. The van der Waals surface area contributed by atoms with E-state index in [1.807, 2.05) is 42.6 Å². The number of halogens is 1. The number of nitrogens with one attached hydrogen (secondary N) is 1. The van der Waals surface area contributed by atoms with E-state index >= 15 is 0 Å². The summed E-state index contributed by atoms with van der Waals surface area (Å²) in [6.07, 6.45) is 3.88. The van der Waals surface area contributed by atoms with Crippen LogP contribution in [0.15, 0.2) is 59.3 Å². The topological polar surface area (TPSA) is 65.4 Å². The van der Waals surface area contributed by atoms with Gasteiger partial charge in [0.1, 0.15) is 13.2 Å². The molecule has 1 N–H and O–H groups in total. The number of amides is 1. The third kappa shape index (κ3) is 3.57. The molecule has 0 saturated heterocycles. The molecule has 0 saturated carbocycles. The summed E-state index contributed by atoms with van der Waals surface area (Å²) in [4.78, 5) is 12.4. The van der Waals surface area contributed by atoms with Crippen molar-refractivity contribution in [2.45, 2.75) is 6.42 Å². The van der Waals surface area contributed by atoms with Crippen molar-refractivity contribution >= 4 is 27.5 Å². The molecule has 7 heteroatoms. The van der Waals surface area contributed by atoms with Gasteiger partial charge in [0.05, 0.1) is 17.8 Å². The van der Waals surface area contributed by atoms with E-state index in [9.17, 15) is 4.79 Å². The molecule has 0 aliphatic carbocycles. The van der Waals surface area contributed by atoms with Crippen molar-refractivity contribution in [1.29, 1.82) is 0 Å². The van der Waals surface area contributed by atoms with Gasteiger partial charge in [-0.05, 0) is 39.7 Å². The second-order valence-electron chi connectivity index (χ2n) is 5.82. The summed E-state index contributed by atoms with van der Waals surface area (Å²) in [5.41, 5.74) is 2.54. The van der Waals surface area contributed by atoms with Gasteiger partial charge in [0.15, 0.2) is 11.5 Å². The first-order valence-corrected chi connectivity index (χ1v) is 8.96. The summed E-state index contributed by atoms with van der Waals surface area (Å²) in [5, 5.41) is 7.10. The Morgan fingerprint density at radius 1 is 1.15 bits per heavy atom. The van der Waals surface area contributed by atoms with E-state index in [1.165, 1.54) is 0 Å². The number of nitrogens with zero attached hydrogens (tertiary/aromatic N) is 2. The van der Waals surface area contributed by atoms with Crippen molar-refractivity contribution in [3.63, 3.8) is 0 Å². The van der Waals surface area contributed by atoms with E-state index in [1.54, 1.807) is 16.9 Å². The maximum Gasteiger partial charge on any atom is 0.228 e. The van der Waals surface area contributed by atoms with Crippen LogP contribution in [0.3, 0.4) is 0 Å². The van der Waals surface area contributed by atoms with Gasteiger partial charge in [-0.1, -0.05) is 12.1 Å². The SMILES string of the molecule is O=C(Cc1ccc(-n2cccn2)cc1)Nc1cc2c(cc1Br)OCCO2. The Morgan fingerprint density at radius 2 is 1.88 bits per heavy atom. The van der Waals surface area contributed by atoms with Crippen LogP contribution in [0.2, 0.25) is 0 Å².